The van der Waals surface area contributed by atoms with Crippen molar-refractivity contribution in [3.8, 4) is 5.82 Å². The van der Waals surface area contributed by atoms with Crippen molar-refractivity contribution < 1.29 is 14.3 Å². The van der Waals surface area contributed by atoms with E-state index < -0.39 is 5.91 Å². The zero-order chi connectivity index (χ0) is 21.7. The molecule has 0 unspecified atom stereocenters. The summed E-state index contributed by atoms with van der Waals surface area (Å²) in [6.45, 7) is 6.19. The molecular formula is C17H20Cl2N9O2+. The van der Waals surface area contributed by atoms with Gasteiger partial charge in [0, 0.05) is 5.56 Å². The lowest BCUT2D eigenvalue weighted by Crippen LogP contribution is -3.10. The molecule has 3 aromatic rings. The Morgan fingerprint density at radius 1 is 1.30 bits per heavy atom. The van der Waals surface area contributed by atoms with Gasteiger partial charge in [-0.25, -0.2) is 10.1 Å². The molecule has 0 aliphatic heterocycles. The number of amides is 1. The Morgan fingerprint density at radius 3 is 2.60 bits per heavy atom. The number of quaternary nitrogens is 1. The van der Waals surface area contributed by atoms with Crippen LogP contribution in [0.1, 0.15) is 35.6 Å². The number of carbonyl (C=O) groups excluding carboxylic acids is 1. The van der Waals surface area contributed by atoms with Crippen LogP contribution in [0.2, 0.25) is 10.0 Å². The molecule has 1 aromatic carbocycles. The van der Waals surface area contributed by atoms with Gasteiger partial charge in [0.1, 0.15) is 12.2 Å². The summed E-state index contributed by atoms with van der Waals surface area (Å²) in [5, 5.41) is 20.1. The maximum Gasteiger partial charge on any atom is 0.294 e. The lowest BCUT2D eigenvalue weighted by atomic mass is 10.2. The fourth-order valence-electron chi connectivity index (χ4n) is 2.72. The molecule has 30 heavy (non-hydrogen) atoms. The van der Waals surface area contributed by atoms with E-state index in [1.807, 2.05) is 13.8 Å². The van der Waals surface area contributed by atoms with Gasteiger partial charge in [0.15, 0.2) is 5.69 Å². The Bertz CT molecular complexity index is 1040. The highest BCUT2D eigenvalue weighted by Crippen LogP contribution is 2.22. The molecule has 11 nitrogen and oxygen atoms in total. The van der Waals surface area contributed by atoms with Crippen LogP contribution in [0.15, 0.2) is 27.9 Å². The average molecular weight is 453 g/mol. The third-order valence-electron chi connectivity index (χ3n) is 4.45. The molecule has 0 atom stereocenters. The van der Waals surface area contributed by atoms with E-state index in [-0.39, 0.29) is 17.3 Å². The fraction of sp³-hybridized carbons (Fsp3) is 0.294. The Hall–Kier alpha value is -3.02. The molecule has 0 aliphatic rings. The minimum absolute atomic E-state index is 0.0361. The summed E-state index contributed by atoms with van der Waals surface area (Å²) in [4.78, 5) is 13.9. The number of nitrogens with two attached hydrogens (primary N) is 1. The van der Waals surface area contributed by atoms with Gasteiger partial charge in [-0.1, -0.05) is 34.5 Å². The van der Waals surface area contributed by atoms with Gasteiger partial charge in [-0.2, -0.15) is 9.78 Å². The molecule has 2 aromatic heterocycles. The zero-order valence-electron chi connectivity index (χ0n) is 16.3. The highest BCUT2D eigenvalue weighted by Gasteiger charge is 2.26. The molecule has 3 rings (SSSR count). The molecule has 0 aliphatic carbocycles. The van der Waals surface area contributed by atoms with Crippen LogP contribution in [-0.4, -0.2) is 50.5 Å². The fourth-order valence-corrected chi connectivity index (χ4v) is 3.22. The number of hydrogen-bond donors (Lipinski definition) is 3. The van der Waals surface area contributed by atoms with Crippen molar-refractivity contribution >= 4 is 41.1 Å². The van der Waals surface area contributed by atoms with Crippen molar-refractivity contribution in [2.24, 2.45) is 5.10 Å². The maximum absolute atomic E-state index is 12.7. The smallest absolute Gasteiger partial charge is 0.294 e. The van der Waals surface area contributed by atoms with E-state index in [0.29, 0.717) is 27.8 Å². The van der Waals surface area contributed by atoms with Crippen LogP contribution in [0.25, 0.3) is 5.82 Å². The first-order valence-electron chi connectivity index (χ1n) is 9.10. The summed E-state index contributed by atoms with van der Waals surface area (Å²) < 4.78 is 6.00. The average Bonchev–Trinajstić information content (AvgIpc) is 3.33. The molecule has 4 N–H and O–H groups in total. The summed E-state index contributed by atoms with van der Waals surface area (Å²) in [7, 11) is 0. The molecule has 0 spiro atoms. The van der Waals surface area contributed by atoms with Crippen molar-refractivity contribution in [3.05, 3.63) is 45.2 Å². The van der Waals surface area contributed by atoms with Gasteiger partial charge in [0.05, 0.1) is 29.3 Å². The molecule has 0 fully saturated rings. The first-order valence-corrected chi connectivity index (χ1v) is 9.85. The first-order chi connectivity index (χ1) is 14.5. The Balaban J connectivity index is 1.89. The summed E-state index contributed by atoms with van der Waals surface area (Å²) in [5.41, 5.74) is 9.27. The van der Waals surface area contributed by atoms with Crippen LogP contribution in [0.5, 0.6) is 0 Å². The van der Waals surface area contributed by atoms with Crippen molar-refractivity contribution in [1.29, 1.82) is 0 Å². The van der Waals surface area contributed by atoms with Crippen LogP contribution < -0.4 is 16.1 Å². The molecule has 158 valence electrons. The van der Waals surface area contributed by atoms with Crippen LogP contribution in [-0.2, 0) is 6.54 Å². The number of aromatic nitrogens is 5. The second kappa shape index (κ2) is 9.65. The first kappa shape index (κ1) is 21.7. The van der Waals surface area contributed by atoms with Gasteiger partial charge in [0.25, 0.3) is 5.91 Å². The Labute approximate surface area is 181 Å². The number of rotatable bonds is 8. The number of nitrogens with zero attached hydrogens (tertiary/aromatic N) is 6. The largest absolute Gasteiger partial charge is 0.378 e. The summed E-state index contributed by atoms with van der Waals surface area (Å²) in [6.07, 6.45) is 1.36. The van der Waals surface area contributed by atoms with E-state index in [2.05, 4.69) is 35.8 Å². The Kier molecular flexibility index (Phi) is 6.98. The van der Waals surface area contributed by atoms with Gasteiger partial charge >= 0.3 is 0 Å². The third kappa shape index (κ3) is 4.58. The predicted octanol–water partition coefficient (Wildman–Crippen LogP) is 0.728. The highest BCUT2D eigenvalue weighted by atomic mass is 35.5. The standard InChI is InChI=1S/C17H19Cl2N9O2/c1-3-27(4-2)9-13-14(22-26-28(13)16-15(20)24-30-25-16)17(29)23-21-8-10-11(18)6-5-7-12(10)19/h5-8H,3-4,9H2,1-2H3,(H2,20,24)(H,23,29)/p+1/b21-8-. The second-order valence-corrected chi connectivity index (χ2v) is 7.05. The van der Waals surface area contributed by atoms with E-state index in [0.717, 1.165) is 13.1 Å². The van der Waals surface area contributed by atoms with Crippen LogP contribution in [0, 0.1) is 0 Å². The monoisotopic (exact) mass is 452 g/mol. The van der Waals surface area contributed by atoms with Crippen molar-refractivity contribution in [2.45, 2.75) is 20.4 Å². The molecule has 0 saturated heterocycles. The molecule has 0 radical (unpaired) electrons. The summed E-state index contributed by atoms with van der Waals surface area (Å²) in [6, 6.07) is 5.05. The molecule has 13 heteroatoms. The Morgan fingerprint density at radius 2 is 2.00 bits per heavy atom. The lowest BCUT2D eigenvalue weighted by Gasteiger charge is -2.15. The second-order valence-electron chi connectivity index (χ2n) is 6.24. The lowest BCUT2D eigenvalue weighted by molar-refractivity contribution is -0.910. The number of hydrazone groups is 1. The number of benzene rings is 1. The number of nitrogens with one attached hydrogen (secondary N) is 2. The van der Waals surface area contributed by atoms with Gasteiger partial charge in [-0.15, -0.1) is 5.10 Å². The molecule has 1 amide bonds. The highest BCUT2D eigenvalue weighted by molar-refractivity contribution is 6.38. The quantitative estimate of drug-likeness (QED) is 0.337. The van der Waals surface area contributed by atoms with Gasteiger partial charge in [-0.3, -0.25) is 4.79 Å². The molecule has 0 bridgehead atoms. The number of anilines is 1. The normalized spacial score (nSPS) is 11.5. The predicted molar refractivity (Wildman–Crippen MR) is 111 cm³/mol. The van der Waals surface area contributed by atoms with Crippen LogP contribution in [0.3, 0.4) is 0 Å². The van der Waals surface area contributed by atoms with E-state index in [1.54, 1.807) is 18.2 Å². The van der Waals surface area contributed by atoms with Crippen LogP contribution in [0.4, 0.5) is 5.82 Å². The van der Waals surface area contributed by atoms with Crippen molar-refractivity contribution in [3.63, 3.8) is 0 Å². The van der Waals surface area contributed by atoms with Crippen LogP contribution >= 0.6 is 23.2 Å². The summed E-state index contributed by atoms with van der Waals surface area (Å²) in [5.74, 6) is -0.360. The maximum atomic E-state index is 12.7. The minimum Gasteiger partial charge on any atom is -0.378 e. The third-order valence-corrected chi connectivity index (χ3v) is 5.11. The number of hydrogen-bond acceptors (Lipinski definition) is 8. The minimum atomic E-state index is -0.558. The van der Waals surface area contributed by atoms with Crippen molar-refractivity contribution in [2.75, 3.05) is 18.8 Å². The van der Waals surface area contributed by atoms with Crippen molar-refractivity contribution in [1.82, 2.24) is 30.7 Å². The molecule has 2 heterocycles. The van der Waals surface area contributed by atoms with E-state index in [4.69, 9.17) is 28.9 Å². The summed E-state index contributed by atoms with van der Waals surface area (Å²) >= 11 is 12.2. The SMILES string of the molecule is CC[NH+](CC)Cc1c(C(=O)N/N=C\c2c(Cl)cccc2Cl)nnn1-c1nonc1N. The topological polar surface area (TPSA) is 142 Å². The number of carbonyl (C=O) groups is 1. The number of halogens is 2. The van der Waals surface area contributed by atoms with E-state index >= 15 is 0 Å². The molecular weight excluding hydrogens is 433 g/mol. The van der Waals surface area contributed by atoms with Gasteiger partial charge in [0.2, 0.25) is 11.6 Å². The number of nitrogen functional groups attached to an aromatic ring is 1. The van der Waals surface area contributed by atoms with Gasteiger partial charge < -0.3 is 10.6 Å². The molecule has 0 saturated carbocycles. The van der Waals surface area contributed by atoms with E-state index in [9.17, 15) is 4.79 Å². The van der Waals surface area contributed by atoms with E-state index in [1.165, 1.54) is 15.8 Å². The van der Waals surface area contributed by atoms with Gasteiger partial charge in [-0.05, 0) is 36.3 Å². The zero-order valence-corrected chi connectivity index (χ0v) is 17.8.